The molecule has 2 aromatic rings. The zero-order valence-electron chi connectivity index (χ0n) is 12.6. The second-order valence-electron chi connectivity index (χ2n) is 5.27. The molecule has 1 unspecified atom stereocenters. The number of benzene rings is 2. The van der Waals surface area contributed by atoms with Crippen LogP contribution >= 0.6 is 15.9 Å². The van der Waals surface area contributed by atoms with E-state index in [0.717, 1.165) is 29.5 Å². The molecule has 2 rings (SSSR count). The van der Waals surface area contributed by atoms with Crippen molar-refractivity contribution < 1.29 is 5.11 Å². The van der Waals surface area contributed by atoms with E-state index in [1.165, 1.54) is 11.3 Å². The zero-order chi connectivity index (χ0) is 15.2. The monoisotopic (exact) mass is 347 g/mol. The van der Waals surface area contributed by atoms with Crippen LogP contribution in [0.15, 0.2) is 53.0 Å². The fourth-order valence-electron chi connectivity index (χ4n) is 2.42. The number of rotatable bonds is 6. The van der Waals surface area contributed by atoms with Crippen molar-refractivity contribution in [3.63, 3.8) is 0 Å². The Bertz CT molecular complexity index is 568. The number of halogens is 1. The van der Waals surface area contributed by atoms with Gasteiger partial charge in [0.2, 0.25) is 0 Å². The molecule has 0 spiro atoms. The summed E-state index contributed by atoms with van der Waals surface area (Å²) in [7, 11) is 0. The van der Waals surface area contributed by atoms with Gasteiger partial charge in [0.15, 0.2) is 0 Å². The van der Waals surface area contributed by atoms with Gasteiger partial charge in [0, 0.05) is 23.2 Å². The third-order valence-corrected chi connectivity index (χ3v) is 4.20. The molecule has 0 saturated carbocycles. The smallest absolute Gasteiger partial charge is 0.0806 e. The first-order valence-corrected chi connectivity index (χ1v) is 8.14. The molecule has 1 N–H and O–H groups in total. The molecule has 112 valence electrons. The Morgan fingerprint density at radius 3 is 2.48 bits per heavy atom. The van der Waals surface area contributed by atoms with Crippen molar-refractivity contribution in [3.05, 3.63) is 64.1 Å². The molecule has 0 heterocycles. The summed E-state index contributed by atoms with van der Waals surface area (Å²) < 4.78 is 1.04. The second kappa shape index (κ2) is 7.62. The number of nitrogens with zero attached hydrogens (tertiary/aromatic N) is 1. The van der Waals surface area contributed by atoms with Gasteiger partial charge in [-0.25, -0.2) is 0 Å². The fourth-order valence-corrected chi connectivity index (χ4v) is 2.69. The van der Waals surface area contributed by atoms with Crippen LogP contribution in [0.3, 0.4) is 0 Å². The first-order chi connectivity index (χ1) is 10.1. The molecule has 0 bridgehead atoms. The Balaban J connectivity index is 1.98. The highest BCUT2D eigenvalue weighted by molar-refractivity contribution is 9.10. The molecule has 3 heteroatoms. The molecule has 1 atom stereocenters. The third-order valence-electron chi connectivity index (χ3n) is 3.68. The molecular weight excluding hydrogens is 326 g/mol. The van der Waals surface area contributed by atoms with Crippen LogP contribution in [0, 0.1) is 6.92 Å². The van der Waals surface area contributed by atoms with Crippen LogP contribution in [0.2, 0.25) is 0 Å². The van der Waals surface area contributed by atoms with Gasteiger partial charge in [-0.05, 0) is 55.7 Å². The van der Waals surface area contributed by atoms with Gasteiger partial charge in [0.05, 0.1) is 6.10 Å². The van der Waals surface area contributed by atoms with Crippen molar-refractivity contribution in [2.45, 2.75) is 26.4 Å². The number of hydrogen-bond donors (Lipinski definition) is 1. The zero-order valence-corrected chi connectivity index (χ0v) is 14.2. The van der Waals surface area contributed by atoms with E-state index in [4.69, 9.17) is 0 Å². The Hall–Kier alpha value is -1.32. The van der Waals surface area contributed by atoms with E-state index in [-0.39, 0.29) is 0 Å². The lowest BCUT2D eigenvalue weighted by atomic mass is 10.1. The number of aryl methyl sites for hydroxylation is 1. The predicted molar refractivity (Wildman–Crippen MR) is 92.8 cm³/mol. The summed E-state index contributed by atoms with van der Waals surface area (Å²) in [6.07, 6.45) is 0.306. The van der Waals surface area contributed by atoms with Crippen LogP contribution in [-0.4, -0.2) is 18.2 Å². The molecule has 0 aromatic heterocycles. The highest BCUT2D eigenvalue weighted by Gasteiger charge is 2.11. The summed E-state index contributed by atoms with van der Waals surface area (Å²) in [4.78, 5) is 2.30. The van der Waals surface area contributed by atoms with E-state index < -0.39 is 6.10 Å². The highest BCUT2D eigenvalue weighted by Crippen LogP contribution is 2.22. The van der Waals surface area contributed by atoms with E-state index in [0.29, 0.717) is 0 Å². The van der Waals surface area contributed by atoms with Crippen LogP contribution in [0.25, 0.3) is 0 Å². The van der Waals surface area contributed by atoms with Crippen molar-refractivity contribution in [1.29, 1.82) is 0 Å². The lowest BCUT2D eigenvalue weighted by Gasteiger charge is -2.25. The standard InChI is InChI=1S/C18H22BrNO/c1-3-20(17-6-4-5-14(2)13-17)12-11-18(21)15-7-9-16(19)10-8-15/h4-10,13,18,21H,3,11-12H2,1-2H3. The molecule has 0 saturated heterocycles. The highest BCUT2D eigenvalue weighted by atomic mass is 79.9. The largest absolute Gasteiger partial charge is 0.388 e. The van der Waals surface area contributed by atoms with Crippen molar-refractivity contribution >= 4 is 21.6 Å². The lowest BCUT2D eigenvalue weighted by molar-refractivity contribution is 0.169. The average molecular weight is 348 g/mol. The summed E-state index contributed by atoms with van der Waals surface area (Å²) >= 11 is 3.42. The fraction of sp³-hybridized carbons (Fsp3) is 0.333. The van der Waals surface area contributed by atoms with Crippen LogP contribution in [0.5, 0.6) is 0 Å². The van der Waals surface area contributed by atoms with E-state index in [1.54, 1.807) is 0 Å². The van der Waals surface area contributed by atoms with Crippen molar-refractivity contribution in [3.8, 4) is 0 Å². The van der Waals surface area contributed by atoms with Crippen molar-refractivity contribution in [2.24, 2.45) is 0 Å². The van der Waals surface area contributed by atoms with Gasteiger partial charge in [0.25, 0.3) is 0 Å². The molecule has 0 aliphatic carbocycles. The molecule has 0 aliphatic rings. The summed E-state index contributed by atoms with van der Waals surface area (Å²) in [5.41, 5.74) is 3.46. The summed E-state index contributed by atoms with van der Waals surface area (Å²) in [6.45, 7) is 6.04. The minimum absolute atomic E-state index is 0.419. The van der Waals surface area contributed by atoms with E-state index >= 15 is 0 Å². The Kier molecular flexibility index (Phi) is 5.83. The van der Waals surface area contributed by atoms with Gasteiger partial charge in [-0.15, -0.1) is 0 Å². The van der Waals surface area contributed by atoms with Crippen molar-refractivity contribution in [1.82, 2.24) is 0 Å². The van der Waals surface area contributed by atoms with Gasteiger partial charge < -0.3 is 10.0 Å². The van der Waals surface area contributed by atoms with E-state index in [9.17, 15) is 5.11 Å². The molecule has 0 radical (unpaired) electrons. The Labute approximate surface area is 135 Å². The molecular formula is C18H22BrNO. The van der Waals surface area contributed by atoms with Gasteiger partial charge in [0.1, 0.15) is 0 Å². The maximum atomic E-state index is 10.3. The number of aliphatic hydroxyl groups excluding tert-OH is 1. The molecule has 0 aliphatic heterocycles. The number of aliphatic hydroxyl groups is 1. The normalized spacial score (nSPS) is 12.2. The summed E-state index contributed by atoms with van der Waals surface area (Å²) in [5.74, 6) is 0. The number of hydrogen-bond acceptors (Lipinski definition) is 2. The van der Waals surface area contributed by atoms with Gasteiger partial charge in [-0.2, -0.15) is 0 Å². The average Bonchev–Trinajstić information content (AvgIpc) is 2.48. The SMILES string of the molecule is CCN(CCC(O)c1ccc(Br)cc1)c1cccc(C)c1. The van der Waals surface area contributed by atoms with Gasteiger partial charge in [-0.1, -0.05) is 40.2 Å². The lowest BCUT2D eigenvalue weighted by Crippen LogP contribution is -2.25. The minimum atomic E-state index is -0.419. The number of anilines is 1. The first-order valence-electron chi connectivity index (χ1n) is 7.35. The molecule has 21 heavy (non-hydrogen) atoms. The molecule has 2 nitrogen and oxygen atoms in total. The quantitative estimate of drug-likeness (QED) is 0.817. The minimum Gasteiger partial charge on any atom is -0.388 e. The first kappa shape index (κ1) is 16.1. The molecule has 0 fully saturated rings. The maximum Gasteiger partial charge on any atom is 0.0806 e. The Morgan fingerprint density at radius 2 is 1.86 bits per heavy atom. The van der Waals surface area contributed by atoms with E-state index in [2.05, 4.69) is 58.9 Å². The maximum absolute atomic E-state index is 10.3. The van der Waals surface area contributed by atoms with Crippen LogP contribution < -0.4 is 4.90 Å². The molecule has 2 aromatic carbocycles. The predicted octanol–water partition coefficient (Wildman–Crippen LogP) is 4.71. The third kappa shape index (κ3) is 4.58. The molecule has 0 amide bonds. The van der Waals surface area contributed by atoms with Crippen LogP contribution in [-0.2, 0) is 0 Å². The van der Waals surface area contributed by atoms with Gasteiger partial charge >= 0.3 is 0 Å². The Morgan fingerprint density at radius 1 is 1.14 bits per heavy atom. The van der Waals surface area contributed by atoms with Gasteiger partial charge in [-0.3, -0.25) is 0 Å². The topological polar surface area (TPSA) is 23.5 Å². The summed E-state index contributed by atoms with van der Waals surface area (Å²) in [5, 5.41) is 10.3. The van der Waals surface area contributed by atoms with Crippen molar-refractivity contribution in [2.75, 3.05) is 18.0 Å². The second-order valence-corrected chi connectivity index (χ2v) is 6.19. The van der Waals surface area contributed by atoms with Crippen LogP contribution in [0.4, 0.5) is 5.69 Å². The van der Waals surface area contributed by atoms with E-state index in [1.807, 2.05) is 24.3 Å². The summed E-state index contributed by atoms with van der Waals surface area (Å²) in [6, 6.07) is 16.4. The van der Waals surface area contributed by atoms with Crippen LogP contribution in [0.1, 0.15) is 30.6 Å².